The second-order valence-corrected chi connectivity index (χ2v) is 16.8. The summed E-state index contributed by atoms with van der Waals surface area (Å²) in [6.45, 7) is 6.55. The second kappa shape index (κ2) is 12.4. The zero-order valence-electron chi connectivity index (χ0n) is 29.8. The highest BCUT2D eigenvalue weighted by Gasteiger charge is 2.79. The van der Waals surface area contributed by atoms with E-state index in [0.717, 1.165) is 33.6 Å². The number of aliphatic hydroxyl groups is 2. The molecular formula is C41H49F5O5. The molecule has 0 radical (unpaired) electrons. The van der Waals surface area contributed by atoms with Crippen LogP contribution in [0, 0.1) is 22.7 Å². The van der Waals surface area contributed by atoms with Gasteiger partial charge >= 0.3 is 12.1 Å². The summed E-state index contributed by atoms with van der Waals surface area (Å²) in [6, 6.07) is 15.5. The third kappa shape index (κ3) is 5.96. The molecule has 0 bridgehead atoms. The second-order valence-electron chi connectivity index (χ2n) is 16.8. The molecule has 5 nitrogen and oxygen atoms in total. The minimum atomic E-state index is -5.90. The van der Waals surface area contributed by atoms with Crippen LogP contribution >= 0.6 is 0 Å². The highest BCUT2D eigenvalue weighted by atomic mass is 19.4. The quantitative estimate of drug-likeness (QED) is 0.231. The molecule has 4 aliphatic carbocycles. The Bertz CT molecular complexity index is 1670. The van der Waals surface area contributed by atoms with Gasteiger partial charge in [-0.3, -0.25) is 0 Å². The van der Waals surface area contributed by atoms with Crippen LogP contribution < -0.4 is 4.74 Å². The van der Waals surface area contributed by atoms with Crippen LogP contribution in [0.3, 0.4) is 0 Å². The highest BCUT2D eigenvalue weighted by molar-refractivity contribution is 5.52. The van der Waals surface area contributed by atoms with Crippen molar-refractivity contribution in [3.8, 4) is 5.75 Å². The average molecular weight is 717 g/mol. The van der Waals surface area contributed by atoms with Gasteiger partial charge in [0, 0.05) is 29.6 Å². The van der Waals surface area contributed by atoms with Crippen molar-refractivity contribution in [1.82, 2.24) is 0 Å². The van der Waals surface area contributed by atoms with Crippen LogP contribution in [0.15, 0.2) is 65.8 Å². The van der Waals surface area contributed by atoms with Gasteiger partial charge in [0.05, 0.1) is 25.9 Å². The minimum absolute atomic E-state index is 0.0500. The number of allylic oxidation sites excluding steroid dienone is 2. The summed E-state index contributed by atoms with van der Waals surface area (Å²) < 4.78 is 90.7. The lowest BCUT2D eigenvalue weighted by Crippen LogP contribution is -2.65. The third-order valence-electron chi connectivity index (χ3n) is 13.1. The van der Waals surface area contributed by atoms with E-state index >= 15 is 8.78 Å². The van der Waals surface area contributed by atoms with Crippen molar-refractivity contribution in [2.45, 2.75) is 114 Å². The SMILES string of the molecule is COc1ccc(C/C=C/c2ccc([C@H]3CC4(C)C(CCC4(O)C(F)(F)C(F)(F)F)C4CCC5(O)CC6(CCC5=C43)OCC(C)(C)CO6)cc2)cc1. The van der Waals surface area contributed by atoms with Gasteiger partial charge in [0.15, 0.2) is 5.79 Å². The summed E-state index contributed by atoms with van der Waals surface area (Å²) in [4.78, 5) is 0. The molecule has 51 heavy (non-hydrogen) atoms. The lowest BCUT2D eigenvalue weighted by molar-refractivity contribution is -0.362. The maximum absolute atomic E-state index is 15.4. The fourth-order valence-electron chi connectivity index (χ4n) is 10.2. The Labute approximate surface area is 296 Å². The summed E-state index contributed by atoms with van der Waals surface area (Å²) in [7, 11) is 1.62. The Morgan fingerprint density at radius 2 is 1.55 bits per heavy atom. The number of hydrogen-bond acceptors (Lipinski definition) is 5. The number of benzene rings is 2. The molecule has 0 amide bonds. The fraction of sp³-hybridized carbons (Fsp3) is 0.610. The van der Waals surface area contributed by atoms with Gasteiger partial charge in [0.25, 0.3) is 0 Å². The standard InChI is InChI=1S/C41H49F5O5/c1-35(2)24-50-38(51-25-35)20-17-33-34-30(16-19-37(33,47)23-38)32-18-21-39(48,40(42,43)41(44,45)46)36(32,3)22-31(34)28-12-8-26(9-13-28)6-5-7-27-10-14-29(49-4)15-11-27/h5-6,8-15,30-32,47-48H,7,16-25H2,1-4H3/b6-5+/t30?,31-,32?,36?,37?,39?/m1/s1. The van der Waals surface area contributed by atoms with E-state index in [0.29, 0.717) is 45.3 Å². The largest absolute Gasteiger partial charge is 0.497 e. The molecular weight excluding hydrogens is 667 g/mol. The van der Waals surface area contributed by atoms with Crippen molar-refractivity contribution >= 4 is 6.08 Å². The first-order valence-corrected chi connectivity index (χ1v) is 18.2. The fourth-order valence-corrected chi connectivity index (χ4v) is 10.2. The molecule has 1 heterocycles. The molecule has 5 unspecified atom stereocenters. The predicted octanol–water partition coefficient (Wildman–Crippen LogP) is 9.17. The molecule has 10 heteroatoms. The van der Waals surface area contributed by atoms with Crippen LogP contribution in [0.5, 0.6) is 5.75 Å². The predicted molar refractivity (Wildman–Crippen MR) is 183 cm³/mol. The average Bonchev–Trinajstić information content (AvgIpc) is 3.36. The van der Waals surface area contributed by atoms with Crippen LogP contribution in [0.2, 0.25) is 0 Å². The molecule has 3 saturated carbocycles. The number of ether oxygens (including phenoxy) is 3. The number of alkyl halides is 5. The van der Waals surface area contributed by atoms with Crippen molar-refractivity contribution in [3.63, 3.8) is 0 Å². The molecule has 2 aromatic rings. The first-order chi connectivity index (χ1) is 23.9. The number of methoxy groups -OCH3 is 1. The van der Waals surface area contributed by atoms with E-state index in [9.17, 15) is 23.4 Å². The minimum Gasteiger partial charge on any atom is -0.497 e. The monoisotopic (exact) mass is 716 g/mol. The first kappa shape index (κ1) is 36.6. The molecule has 1 aliphatic heterocycles. The summed E-state index contributed by atoms with van der Waals surface area (Å²) in [6.07, 6.45) is 0.0951. The summed E-state index contributed by atoms with van der Waals surface area (Å²) in [5.41, 5.74) is -1.82. The van der Waals surface area contributed by atoms with Crippen molar-refractivity contribution in [1.29, 1.82) is 0 Å². The molecule has 1 saturated heterocycles. The Kier molecular flexibility index (Phi) is 8.88. The zero-order valence-corrected chi connectivity index (χ0v) is 29.8. The summed E-state index contributed by atoms with van der Waals surface area (Å²) >= 11 is 0. The maximum Gasteiger partial charge on any atom is 0.456 e. The van der Waals surface area contributed by atoms with Gasteiger partial charge in [0.1, 0.15) is 11.4 Å². The van der Waals surface area contributed by atoms with E-state index < -0.39 is 52.8 Å². The van der Waals surface area contributed by atoms with Gasteiger partial charge in [-0.15, -0.1) is 0 Å². The Morgan fingerprint density at radius 3 is 2.18 bits per heavy atom. The number of hydrogen-bond donors (Lipinski definition) is 2. The first-order valence-electron chi connectivity index (χ1n) is 18.2. The number of rotatable bonds is 6. The van der Waals surface area contributed by atoms with Crippen LogP contribution in [-0.2, 0) is 15.9 Å². The van der Waals surface area contributed by atoms with E-state index in [2.05, 4.69) is 13.8 Å². The topological polar surface area (TPSA) is 68.2 Å². The van der Waals surface area contributed by atoms with Crippen molar-refractivity contribution in [3.05, 3.63) is 82.4 Å². The molecule has 1 spiro atoms. The van der Waals surface area contributed by atoms with Crippen LogP contribution in [0.4, 0.5) is 22.0 Å². The van der Waals surface area contributed by atoms with Gasteiger partial charge in [-0.05, 0) is 91.2 Å². The highest BCUT2D eigenvalue weighted by Crippen LogP contribution is 2.71. The van der Waals surface area contributed by atoms with Gasteiger partial charge in [-0.1, -0.05) is 74.9 Å². The molecule has 6 atom stereocenters. The number of fused-ring (bicyclic) bond motifs is 4. The van der Waals surface area contributed by atoms with Crippen LogP contribution in [-0.4, -0.2) is 59.6 Å². The molecule has 278 valence electrons. The molecule has 5 aliphatic rings. The molecule has 4 fully saturated rings. The van der Waals surface area contributed by atoms with Crippen molar-refractivity contribution < 1.29 is 46.4 Å². The van der Waals surface area contributed by atoms with E-state index in [1.807, 2.05) is 60.7 Å². The smallest absolute Gasteiger partial charge is 0.456 e. The Balaban J connectivity index is 1.25. The molecule has 2 N–H and O–H groups in total. The number of halogens is 5. The van der Waals surface area contributed by atoms with E-state index in [-0.39, 0.29) is 30.6 Å². The van der Waals surface area contributed by atoms with E-state index in [4.69, 9.17) is 14.2 Å². The summed E-state index contributed by atoms with van der Waals surface area (Å²) in [5, 5.41) is 24.0. The maximum atomic E-state index is 15.4. The van der Waals surface area contributed by atoms with E-state index in [1.54, 1.807) is 7.11 Å². The Hall–Kier alpha value is -2.79. The molecule has 2 aromatic carbocycles. The van der Waals surface area contributed by atoms with Gasteiger partial charge in [-0.2, -0.15) is 22.0 Å². The summed E-state index contributed by atoms with van der Waals surface area (Å²) in [5.74, 6) is -6.95. The van der Waals surface area contributed by atoms with Gasteiger partial charge in [-0.25, -0.2) is 0 Å². The van der Waals surface area contributed by atoms with Crippen LogP contribution in [0.25, 0.3) is 6.08 Å². The van der Waals surface area contributed by atoms with Crippen LogP contribution in [0.1, 0.15) is 94.7 Å². The normalized spacial score (nSPS) is 34.7. The van der Waals surface area contributed by atoms with Gasteiger partial charge in [0.2, 0.25) is 0 Å². The lowest BCUT2D eigenvalue weighted by Gasteiger charge is -2.59. The molecule has 0 aromatic heterocycles. The molecule has 7 rings (SSSR count). The van der Waals surface area contributed by atoms with E-state index in [1.165, 1.54) is 6.92 Å². The third-order valence-corrected chi connectivity index (χ3v) is 13.1. The van der Waals surface area contributed by atoms with Gasteiger partial charge < -0.3 is 24.4 Å². The van der Waals surface area contributed by atoms with Crippen molar-refractivity contribution in [2.75, 3.05) is 20.3 Å². The van der Waals surface area contributed by atoms with Crippen molar-refractivity contribution in [2.24, 2.45) is 22.7 Å². The lowest BCUT2D eigenvalue weighted by atomic mass is 9.49. The Morgan fingerprint density at radius 1 is 0.882 bits per heavy atom. The zero-order chi connectivity index (χ0) is 36.7.